The van der Waals surface area contributed by atoms with Crippen LogP contribution in [0.2, 0.25) is 0 Å². The number of nitrogens with one attached hydrogen (secondary N) is 3. The van der Waals surface area contributed by atoms with Crippen LogP contribution in [0.1, 0.15) is 24.1 Å². The van der Waals surface area contributed by atoms with Crippen molar-refractivity contribution in [1.29, 1.82) is 0 Å². The third kappa shape index (κ3) is 5.18. The van der Waals surface area contributed by atoms with Crippen molar-refractivity contribution in [2.24, 2.45) is 4.99 Å². The summed E-state index contributed by atoms with van der Waals surface area (Å²) < 4.78 is 25.8. The summed E-state index contributed by atoms with van der Waals surface area (Å²) in [6, 6.07) is 16.8. The van der Waals surface area contributed by atoms with E-state index in [9.17, 15) is 18.3 Å². The molecule has 39 heavy (non-hydrogen) atoms. The third-order valence-electron chi connectivity index (χ3n) is 6.43. The molecule has 0 atom stereocenters. The molecule has 0 unspecified atom stereocenters. The largest absolute Gasteiger partial charge is 0.493 e. The lowest BCUT2D eigenvalue weighted by Gasteiger charge is -2.12. The Morgan fingerprint density at radius 2 is 1.97 bits per heavy atom. The highest BCUT2D eigenvalue weighted by molar-refractivity contribution is 7.90. The Balaban J connectivity index is 1.39. The van der Waals surface area contributed by atoms with E-state index in [0.717, 1.165) is 29.5 Å². The predicted molar refractivity (Wildman–Crippen MR) is 146 cm³/mol. The minimum Gasteiger partial charge on any atom is -0.493 e. The van der Waals surface area contributed by atoms with E-state index in [0.29, 0.717) is 28.7 Å². The molecule has 0 bridgehead atoms. The molecule has 198 valence electrons. The molecule has 0 spiro atoms. The Morgan fingerprint density at radius 1 is 1.15 bits per heavy atom. The molecule has 0 radical (unpaired) electrons. The maximum absolute atomic E-state index is 12.1. The van der Waals surface area contributed by atoms with Crippen molar-refractivity contribution in [3.8, 4) is 17.0 Å². The fourth-order valence-corrected chi connectivity index (χ4v) is 4.99. The van der Waals surface area contributed by atoms with Crippen LogP contribution in [0.25, 0.3) is 22.9 Å². The molecular weight excluding hydrogens is 518 g/mol. The average molecular weight is 544 g/mol. The lowest BCUT2D eigenvalue weighted by atomic mass is 10.00. The molecule has 1 aliphatic rings. The van der Waals surface area contributed by atoms with E-state index in [4.69, 9.17) is 9.98 Å². The first-order valence-electron chi connectivity index (χ1n) is 12.3. The van der Waals surface area contributed by atoms with Gasteiger partial charge in [-0.15, -0.1) is 0 Å². The molecule has 0 aliphatic heterocycles. The van der Waals surface area contributed by atoms with Crippen molar-refractivity contribution in [2.45, 2.75) is 30.3 Å². The second kappa shape index (κ2) is 9.55. The van der Waals surface area contributed by atoms with Gasteiger partial charge in [0.15, 0.2) is 21.0 Å². The topological polar surface area (TPSA) is 158 Å². The van der Waals surface area contributed by atoms with Crippen LogP contribution in [0.3, 0.4) is 0 Å². The molecule has 3 aromatic heterocycles. The smallest absolute Gasteiger partial charge is 0.326 e. The first-order chi connectivity index (χ1) is 18.7. The van der Waals surface area contributed by atoms with Crippen LogP contribution >= 0.6 is 0 Å². The van der Waals surface area contributed by atoms with Gasteiger partial charge in [-0.1, -0.05) is 36.4 Å². The number of nitrogens with zero attached hydrogens (tertiary/aromatic N) is 4. The molecule has 1 saturated carbocycles. The Morgan fingerprint density at radius 3 is 2.72 bits per heavy atom. The number of aromatic hydroxyl groups is 1. The molecule has 11 nitrogen and oxygen atoms in total. The Kier molecular flexibility index (Phi) is 6.03. The van der Waals surface area contributed by atoms with E-state index in [1.54, 1.807) is 35.0 Å². The SMILES string of the molecule is CS(=O)(=O)c1cccc(-c2ccccc2CNc2cc(=NC3CC3)n3ncc(=Cc4[nH]c(=O)[nH]c4O)c3n2)c1. The normalized spacial score (nSPS) is 14.8. The van der Waals surface area contributed by atoms with E-state index in [-0.39, 0.29) is 22.5 Å². The maximum Gasteiger partial charge on any atom is 0.326 e. The number of hydrogen-bond donors (Lipinski definition) is 4. The number of H-pyrrole nitrogens is 2. The van der Waals surface area contributed by atoms with Crippen LogP contribution in [0.4, 0.5) is 5.82 Å². The van der Waals surface area contributed by atoms with Gasteiger partial charge in [0.25, 0.3) is 0 Å². The van der Waals surface area contributed by atoms with Gasteiger partial charge >= 0.3 is 5.69 Å². The summed E-state index contributed by atoms with van der Waals surface area (Å²) in [6.45, 7) is 0.421. The second-order valence-electron chi connectivity index (χ2n) is 9.49. The summed E-state index contributed by atoms with van der Waals surface area (Å²) in [5.41, 5.74) is 3.53. The van der Waals surface area contributed by atoms with Crippen LogP contribution in [0.5, 0.6) is 5.88 Å². The van der Waals surface area contributed by atoms with Crippen molar-refractivity contribution in [3.05, 3.63) is 93.2 Å². The molecule has 0 amide bonds. The minimum atomic E-state index is -3.34. The van der Waals surface area contributed by atoms with E-state index >= 15 is 0 Å². The molecule has 12 heteroatoms. The number of anilines is 1. The predicted octanol–water partition coefficient (Wildman–Crippen LogP) is 1.74. The van der Waals surface area contributed by atoms with Gasteiger partial charge < -0.3 is 15.4 Å². The molecule has 3 heterocycles. The van der Waals surface area contributed by atoms with Crippen molar-refractivity contribution in [1.82, 2.24) is 24.6 Å². The summed E-state index contributed by atoms with van der Waals surface area (Å²) in [7, 11) is -3.34. The van der Waals surface area contributed by atoms with Gasteiger partial charge in [-0.3, -0.25) is 9.98 Å². The molecule has 2 aromatic carbocycles. The summed E-state index contributed by atoms with van der Waals surface area (Å²) in [4.78, 5) is 26.2. The van der Waals surface area contributed by atoms with Crippen molar-refractivity contribution in [3.63, 3.8) is 0 Å². The van der Waals surface area contributed by atoms with Gasteiger partial charge in [0, 0.05) is 24.1 Å². The number of rotatable bonds is 7. The number of fused-ring (bicyclic) bond motifs is 1. The number of aromatic amines is 2. The van der Waals surface area contributed by atoms with Crippen molar-refractivity contribution >= 4 is 27.4 Å². The molecule has 1 fully saturated rings. The van der Waals surface area contributed by atoms with Gasteiger partial charge in [0.1, 0.15) is 11.5 Å². The van der Waals surface area contributed by atoms with E-state index < -0.39 is 15.5 Å². The highest BCUT2D eigenvalue weighted by atomic mass is 32.2. The fourth-order valence-electron chi connectivity index (χ4n) is 4.32. The molecular formula is C27H25N7O4S. The molecule has 1 aliphatic carbocycles. The summed E-state index contributed by atoms with van der Waals surface area (Å²) in [5, 5.41) is 18.4. The first-order valence-corrected chi connectivity index (χ1v) is 14.2. The highest BCUT2D eigenvalue weighted by Crippen LogP contribution is 2.27. The van der Waals surface area contributed by atoms with Crippen LogP contribution < -0.4 is 21.7 Å². The molecule has 4 N–H and O–H groups in total. The number of aromatic nitrogens is 5. The van der Waals surface area contributed by atoms with E-state index in [2.05, 4.69) is 20.4 Å². The van der Waals surface area contributed by atoms with Gasteiger partial charge in [-0.2, -0.15) is 9.61 Å². The number of imidazole rings is 1. The zero-order valence-electron chi connectivity index (χ0n) is 20.9. The summed E-state index contributed by atoms with van der Waals surface area (Å²) in [5.74, 6) is 0.302. The quantitative estimate of drug-likeness (QED) is 0.243. The van der Waals surface area contributed by atoms with Gasteiger partial charge in [-0.25, -0.2) is 18.2 Å². The Labute approximate surface area is 222 Å². The van der Waals surface area contributed by atoms with Crippen LogP contribution in [-0.2, 0) is 16.4 Å². The number of sulfone groups is 1. The maximum atomic E-state index is 12.1. The van der Waals surface area contributed by atoms with Crippen LogP contribution in [-0.4, -0.2) is 50.4 Å². The van der Waals surface area contributed by atoms with Gasteiger partial charge in [-0.05, 0) is 47.7 Å². The molecule has 5 aromatic rings. The van der Waals surface area contributed by atoms with E-state index in [1.165, 1.54) is 6.26 Å². The van der Waals surface area contributed by atoms with Crippen LogP contribution in [0, 0.1) is 0 Å². The lowest BCUT2D eigenvalue weighted by Crippen LogP contribution is -2.20. The zero-order chi connectivity index (χ0) is 27.1. The second-order valence-corrected chi connectivity index (χ2v) is 11.5. The fraction of sp³-hybridized carbons (Fsp3) is 0.185. The van der Waals surface area contributed by atoms with Crippen molar-refractivity contribution in [2.75, 3.05) is 11.6 Å². The Hall–Kier alpha value is -4.71. The highest BCUT2D eigenvalue weighted by Gasteiger charge is 2.20. The standard InChI is InChI=1S/C27H25N7O4S/c1-39(37,38)20-7-4-6-16(11-20)21-8-3-2-5-17(21)14-28-23-13-24(30-19-9-10-19)34-25(32-23)18(15-29-34)12-22-26(35)33-27(36)31-22/h2-8,11-13,15,19,28,35H,9-10,14H2,1H3,(H2,31,33,36). The zero-order valence-corrected chi connectivity index (χ0v) is 21.7. The first kappa shape index (κ1) is 24.6. The lowest BCUT2D eigenvalue weighted by molar-refractivity contribution is 0.454. The minimum absolute atomic E-state index is 0.223. The van der Waals surface area contributed by atoms with Crippen molar-refractivity contribution < 1.29 is 13.5 Å². The summed E-state index contributed by atoms with van der Waals surface area (Å²) in [6.07, 6.45) is 6.43. The van der Waals surface area contributed by atoms with E-state index in [1.807, 2.05) is 36.4 Å². The monoisotopic (exact) mass is 543 g/mol. The summed E-state index contributed by atoms with van der Waals surface area (Å²) >= 11 is 0. The van der Waals surface area contributed by atoms with Gasteiger partial charge in [0.05, 0.1) is 17.1 Å². The average Bonchev–Trinajstić information content (AvgIpc) is 3.55. The Bertz CT molecular complexity index is 2000. The number of hydrogen-bond acceptors (Lipinski definition) is 8. The van der Waals surface area contributed by atoms with Crippen LogP contribution in [0.15, 0.2) is 75.5 Å². The molecule has 6 rings (SSSR count). The number of benzene rings is 2. The van der Waals surface area contributed by atoms with Gasteiger partial charge in [0.2, 0.25) is 5.88 Å². The third-order valence-corrected chi connectivity index (χ3v) is 7.54. The molecule has 0 saturated heterocycles.